The van der Waals surface area contributed by atoms with Crippen LogP contribution < -0.4 is 21.7 Å². The van der Waals surface area contributed by atoms with E-state index in [0.717, 1.165) is 5.56 Å². The number of aromatic nitrogens is 2. The molecule has 0 saturated heterocycles. The number of carbonyl (C=O) groups excluding carboxylic acids is 3. The molecule has 1 heterocycles. The molecule has 0 saturated carbocycles. The number of nitrogens with two attached hydrogens (primary N) is 1. The Hall–Kier alpha value is -3.73. The van der Waals surface area contributed by atoms with Gasteiger partial charge in [0.1, 0.15) is 18.1 Å². The van der Waals surface area contributed by atoms with E-state index in [1.165, 1.54) is 13.3 Å². The van der Waals surface area contributed by atoms with Gasteiger partial charge >= 0.3 is 5.97 Å². The van der Waals surface area contributed by atoms with Crippen LogP contribution in [0, 0.1) is 5.92 Å². The Bertz CT molecular complexity index is 963. The average molecular weight is 473 g/mol. The Kier molecular flexibility index (Phi) is 9.75. The highest BCUT2D eigenvalue weighted by Gasteiger charge is 2.31. The van der Waals surface area contributed by atoms with Crippen LogP contribution in [0.15, 0.2) is 42.9 Å². The second kappa shape index (κ2) is 12.5. The third-order valence-corrected chi connectivity index (χ3v) is 5.22. The number of hydrogen-bond donors (Lipinski definition) is 6. The van der Waals surface area contributed by atoms with Gasteiger partial charge in [0, 0.05) is 24.7 Å². The van der Waals surface area contributed by atoms with Gasteiger partial charge in [-0.3, -0.25) is 19.2 Å². The van der Waals surface area contributed by atoms with Gasteiger partial charge in [-0.05, 0) is 18.4 Å². The Morgan fingerprint density at radius 1 is 0.971 bits per heavy atom. The van der Waals surface area contributed by atoms with Crippen molar-refractivity contribution in [2.24, 2.45) is 11.7 Å². The lowest BCUT2D eigenvalue weighted by molar-refractivity contribution is -0.141. The normalized spacial score (nSPS) is 14.5. The van der Waals surface area contributed by atoms with Crippen molar-refractivity contribution < 1.29 is 24.3 Å². The van der Waals surface area contributed by atoms with Crippen LogP contribution in [0.4, 0.5) is 0 Å². The van der Waals surface area contributed by atoms with Crippen LogP contribution in [0.2, 0.25) is 0 Å². The fourth-order valence-electron chi connectivity index (χ4n) is 3.22. The summed E-state index contributed by atoms with van der Waals surface area (Å²) < 4.78 is 0. The van der Waals surface area contributed by atoms with Crippen molar-refractivity contribution >= 4 is 23.7 Å². The van der Waals surface area contributed by atoms with Crippen molar-refractivity contribution in [1.29, 1.82) is 0 Å². The van der Waals surface area contributed by atoms with Crippen molar-refractivity contribution in [2.75, 3.05) is 0 Å². The van der Waals surface area contributed by atoms with Crippen molar-refractivity contribution in [3.05, 3.63) is 54.1 Å². The predicted octanol–water partition coefficient (Wildman–Crippen LogP) is -0.263. The van der Waals surface area contributed by atoms with E-state index >= 15 is 0 Å². The Morgan fingerprint density at radius 3 is 2.21 bits per heavy atom. The standard InChI is InChI=1S/C23H32N6O5/c1-13(2)19(29-20(30)17(24)10-16-11-25-12-26-16)22(32)28-18(9-15-7-5-4-6-8-15)21(31)27-14(3)23(33)34/h4-8,11-14,17-19H,9-10,24H2,1-3H3,(H,25,26)(H,27,31)(H,28,32)(H,29,30)(H,33,34). The van der Waals surface area contributed by atoms with Gasteiger partial charge in [-0.1, -0.05) is 44.2 Å². The van der Waals surface area contributed by atoms with Crippen molar-refractivity contribution in [3.8, 4) is 0 Å². The number of aromatic amines is 1. The maximum absolute atomic E-state index is 13.1. The van der Waals surface area contributed by atoms with Crippen LogP contribution in [0.3, 0.4) is 0 Å². The summed E-state index contributed by atoms with van der Waals surface area (Å²) in [5.74, 6) is -3.24. The monoisotopic (exact) mass is 472 g/mol. The summed E-state index contributed by atoms with van der Waals surface area (Å²) in [4.78, 5) is 56.4. The molecule has 184 valence electrons. The van der Waals surface area contributed by atoms with E-state index in [2.05, 4.69) is 25.9 Å². The third kappa shape index (κ3) is 8.00. The molecule has 3 amide bonds. The van der Waals surface area contributed by atoms with Crippen LogP contribution in [0.1, 0.15) is 32.0 Å². The van der Waals surface area contributed by atoms with Gasteiger partial charge in [-0.15, -0.1) is 0 Å². The van der Waals surface area contributed by atoms with E-state index < -0.39 is 47.9 Å². The number of H-pyrrole nitrogens is 1. The number of carboxylic acid groups (broad SMARTS) is 1. The van der Waals surface area contributed by atoms with Gasteiger partial charge in [-0.25, -0.2) is 4.98 Å². The highest BCUT2D eigenvalue weighted by Crippen LogP contribution is 2.08. The number of aliphatic carboxylic acids is 1. The lowest BCUT2D eigenvalue weighted by Crippen LogP contribution is -2.58. The molecule has 0 fully saturated rings. The van der Waals surface area contributed by atoms with E-state index in [1.54, 1.807) is 44.3 Å². The minimum Gasteiger partial charge on any atom is -0.480 e. The molecule has 2 aromatic rings. The number of nitrogens with zero attached hydrogens (tertiary/aromatic N) is 1. The molecule has 1 aromatic heterocycles. The number of nitrogens with one attached hydrogen (secondary N) is 4. The minimum absolute atomic E-state index is 0.142. The molecule has 0 aliphatic heterocycles. The highest BCUT2D eigenvalue weighted by atomic mass is 16.4. The van der Waals surface area contributed by atoms with Crippen molar-refractivity contribution in [1.82, 2.24) is 25.9 Å². The molecule has 1 aromatic carbocycles. The largest absolute Gasteiger partial charge is 0.480 e. The highest BCUT2D eigenvalue weighted by molar-refractivity contribution is 5.94. The molecule has 11 heteroatoms. The second-order valence-corrected chi connectivity index (χ2v) is 8.44. The molecular weight excluding hydrogens is 440 g/mol. The predicted molar refractivity (Wildman–Crippen MR) is 124 cm³/mol. The van der Waals surface area contributed by atoms with E-state index in [9.17, 15) is 19.2 Å². The molecule has 0 aliphatic rings. The lowest BCUT2D eigenvalue weighted by atomic mass is 10.00. The topological polar surface area (TPSA) is 179 Å². The quantitative estimate of drug-likeness (QED) is 0.246. The first-order chi connectivity index (χ1) is 16.1. The van der Waals surface area contributed by atoms with Crippen LogP contribution >= 0.6 is 0 Å². The molecule has 0 spiro atoms. The van der Waals surface area contributed by atoms with Crippen molar-refractivity contribution in [3.63, 3.8) is 0 Å². The third-order valence-electron chi connectivity index (χ3n) is 5.22. The summed E-state index contributed by atoms with van der Waals surface area (Å²) in [5, 5.41) is 16.8. The molecule has 2 rings (SSSR count). The summed E-state index contributed by atoms with van der Waals surface area (Å²) in [5.41, 5.74) is 7.44. The Morgan fingerprint density at radius 2 is 1.65 bits per heavy atom. The van der Waals surface area contributed by atoms with E-state index in [1.807, 2.05) is 6.07 Å². The summed E-state index contributed by atoms with van der Waals surface area (Å²) in [6.07, 6.45) is 3.39. The van der Waals surface area contributed by atoms with Crippen LogP contribution in [-0.4, -0.2) is 62.9 Å². The number of rotatable bonds is 12. The van der Waals surface area contributed by atoms with E-state index in [0.29, 0.717) is 5.69 Å². The summed E-state index contributed by atoms with van der Waals surface area (Å²) in [6, 6.07) is 4.95. The molecular formula is C23H32N6O5. The SMILES string of the molecule is CC(NC(=O)C(Cc1ccccc1)NC(=O)C(NC(=O)C(N)Cc1cnc[nH]1)C(C)C)C(=O)O. The van der Waals surface area contributed by atoms with Gasteiger partial charge in [0.25, 0.3) is 0 Å². The number of carbonyl (C=O) groups is 4. The van der Waals surface area contributed by atoms with Crippen LogP contribution in [0.5, 0.6) is 0 Å². The fourth-order valence-corrected chi connectivity index (χ4v) is 3.22. The second-order valence-electron chi connectivity index (χ2n) is 8.44. The van der Waals surface area contributed by atoms with Gasteiger partial charge in [0.15, 0.2) is 0 Å². The zero-order valence-corrected chi connectivity index (χ0v) is 19.4. The lowest BCUT2D eigenvalue weighted by Gasteiger charge is -2.26. The summed E-state index contributed by atoms with van der Waals surface area (Å²) >= 11 is 0. The Labute approximate surface area is 197 Å². The number of benzene rings is 1. The number of hydrogen-bond acceptors (Lipinski definition) is 6. The number of imidazole rings is 1. The molecule has 0 bridgehead atoms. The van der Waals surface area contributed by atoms with Crippen LogP contribution in [-0.2, 0) is 32.0 Å². The first kappa shape index (κ1) is 26.5. The first-order valence-electron chi connectivity index (χ1n) is 11.0. The summed E-state index contributed by atoms with van der Waals surface area (Å²) in [6.45, 7) is 4.84. The summed E-state index contributed by atoms with van der Waals surface area (Å²) in [7, 11) is 0. The number of carboxylic acids is 1. The molecule has 0 aliphatic carbocycles. The zero-order valence-electron chi connectivity index (χ0n) is 19.4. The van der Waals surface area contributed by atoms with E-state index in [4.69, 9.17) is 10.8 Å². The molecule has 4 atom stereocenters. The van der Waals surface area contributed by atoms with Gasteiger partial charge in [-0.2, -0.15) is 0 Å². The average Bonchev–Trinajstić information content (AvgIpc) is 3.30. The van der Waals surface area contributed by atoms with E-state index in [-0.39, 0.29) is 18.8 Å². The van der Waals surface area contributed by atoms with Gasteiger partial charge in [0.2, 0.25) is 17.7 Å². The number of amides is 3. The van der Waals surface area contributed by atoms with Crippen molar-refractivity contribution in [2.45, 2.75) is 57.8 Å². The molecule has 11 nitrogen and oxygen atoms in total. The zero-order chi connectivity index (χ0) is 25.3. The molecule has 0 radical (unpaired) electrons. The first-order valence-corrected chi connectivity index (χ1v) is 11.0. The molecule has 34 heavy (non-hydrogen) atoms. The smallest absolute Gasteiger partial charge is 0.325 e. The molecule has 4 unspecified atom stereocenters. The maximum atomic E-state index is 13.1. The maximum Gasteiger partial charge on any atom is 0.325 e. The van der Waals surface area contributed by atoms with Gasteiger partial charge < -0.3 is 31.8 Å². The molecule has 7 N–H and O–H groups in total. The Balaban J connectivity index is 2.12. The fraction of sp³-hybridized carbons (Fsp3) is 0.435. The van der Waals surface area contributed by atoms with Gasteiger partial charge in [0.05, 0.1) is 12.4 Å². The van der Waals surface area contributed by atoms with Crippen LogP contribution in [0.25, 0.3) is 0 Å². The minimum atomic E-state index is -1.20.